The summed E-state index contributed by atoms with van der Waals surface area (Å²) in [5.74, 6) is 1.59. The molecule has 0 saturated carbocycles. The smallest absolute Gasteiger partial charge is 0.126 e. The van der Waals surface area contributed by atoms with Crippen LogP contribution in [0.4, 0.5) is 0 Å². The zero-order chi connectivity index (χ0) is 27.5. The fraction of sp³-hybridized carbons (Fsp3) is 0.438. The molecule has 4 N–H and O–H groups in total. The molecule has 1 fully saturated rings. The van der Waals surface area contributed by atoms with Crippen molar-refractivity contribution in [2.75, 3.05) is 6.61 Å². The molecule has 3 aromatic rings. The molecule has 1 aliphatic rings. The second kappa shape index (κ2) is 15.0. The van der Waals surface area contributed by atoms with Crippen molar-refractivity contribution in [2.24, 2.45) is 0 Å². The molecule has 4 rings (SSSR count). The van der Waals surface area contributed by atoms with Crippen LogP contribution in [-0.2, 0) is 24.4 Å². The maximum absolute atomic E-state index is 10.2. The number of ether oxygens (including phenoxy) is 3. The summed E-state index contributed by atoms with van der Waals surface area (Å²) >= 11 is 0. The third-order valence-corrected chi connectivity index (χ3v) is 7.20. The lowest BCUT2D eigenvalue weighted by Crippen LogP contribution is -2.58. The molecule has 0 amide bonds. The monoisotopic (exact) mass is 536 g/mol. The van der Waals surface area contributed by atoms with Gasteiger partial charge in [-0.25, -0.2) is 0 Å². The van der Waals surface area contributed by atoms with E-state index < -0.39 is 37.1 Å². The van der Waals surface area contributed by atoms with Crippen LogP contribution in [0.5, 0.6) is 11.5 Å². The van der Waals surface area contributed by atoms with Crippen LogP contribution in [-0.4, -0.2) is 57.6 Å². The molecule has 3 aromatic carbocycles. The van der Waals surface area contributed by atoms with Crippen molar-refractivity contribution in [2.45, 2.75) is 82.3 Å². The van der Waals surface area contributed by atoms with Crippen LogP contribution in [0.2, 0.25) is 0 Å². The van der Waals surface area contributed by atoms with Gasteiger partial charge >= 0.3 is 0 Å². The average Bonchev–Trinajstić information content (AvgIpc) is 2.98. The molecule has 0 radical (unpaired) electrons. The second-order valence-electron chi connectivity index (χ2n) is 10.1. The Hall–Kier alpha value is -2.94. The second-order valence-corrected chi connectivity index (χ2v) is 10.1. The number of benzene rings is 3. The van der Waals surface area contributed by atoms with E-state index in [2.05, 4.69) is 6.07 Å². The molecule has 0 aromatic heterocycles. The molecule has 210 valence electrons. The van der Waals surface area contributed by atoms with Gasteiger partial charge in [0.15, 0.2) is 0 Å². The Morgan fingerprint density at radius 1 is 0.641 bits per heavy atom. The Bertz CT molecular complexity index is 1110. The van der Waals surface area contributed by atoms with E-state index >= 15 is 0 Å². The van der Waals surface area contributed by atoms with E-state index in [1.807, 2.05) is 72.8 Å². The molecule has 0 unspecified atom stereocenters. The molecule has 1 aliphatic heterocycles. The molecule has 0 bridgehead atoms. The van der Waals surface area contributed by atoms with Gasteiger partial charge in [0.25, 0.3) is 0 Å². The number of hydrogen-bond donors (Lipinski definition) is 4. The van der Waals surface area contributed by atoms with Crippen molar-refractivity contribution >= 4 is 0 Å². The van der Waals surface area contributed by atoms with Crippen molar-refractivity contribution in [1.82, 2.24) is 0 Å². The van der Waals surface area contributed by atoms with E-state index in [1.54, 1.807) is 0 Å². The maximum atomic E-state index is 10.2. The molecule has 0 aliphatic carbocycles. The van der Waals surface area contributed by atoms with E-state index in [1.165, 1.54) is 0 Å². The first-order valence-electron chi connectivity index (χ1n) is 13.8. The lowest BCUT2D eigenvalue weighted by Gasteiger charge is -2.40. The van der Waals surface area contributed by atoms with Gasteiger partial charge in [0.05, 0.1) is 12.7 Å². The van der Waals surface area contributed by atoms with Gasteiger partial charge in [-0.2, -0.15) is 0 Å². The molecule has 7 heteroatoms. The molecule has 7 nitrogen and oxygen atoms in total. The SMILES string of the molecule is OC[C@H]1O[C@@H](CCCCCCc2ccc(OCc3ccccc3)cc2OCc2ccccc2)[C@H](O)[C@@H](O)[C@@H]1O. The minimum Gasteiger partial charge on any atom is -0.489 e. The average molecular weight is 537 g/mol. The Morgan fingerprint density at radius 2 is 1.26 bits per heavy atom. The quantitative estimate of drug-likeness (QED) is 0.229. The number of aliphatic hydroxyl groups excluding tert-OH is 4. The minimum atomic E-state index is -1.31. The van der Waals surface area contributed by atoms with Gasteiger partial charge in [0.2, 0.25) is 0 Å². The first kappa shape index (κ1) is 29.1. The van der Waals surface area contributed by atoms with E-state index in [0.29, 0.717) is 19.6 Å². The van der Waals surface area contributed by atoms with Crippen LogP contribution < -0.4 is 9.47 Å². The Labute approximate surface area is 230 Å². The molecule has 1 heterocycles. The summed E-state index contributed by atoms with van der Waals surface area (Å²) in [6.07, 6.45) is -0.0882. The zero-order valence-corrected chi connectivity index (χ0v) is 22.3. The van der Waals surface area contributed by atoms with Crippen molar-refractivity contribution in [1.29, 1.82) is 0 Å². The minimum absolute atomic E-state index is 0.397. The lowest BCUT2D eigenvalue weighted by atomic mass is 9.92. The van der Waals surface area contributed by atoms with E-state index in [0.717, 1.165) is 60.3 Å². The fourth-order valence-electron chi connectivity index (χ4n) is 4.87. The number of hydrogen-bond acceptors (Lipinski definition) is 7. The largest absolute Gasteiger partial charge is 0.489 e. The van der Waals surface area contributed by atoms with Crippen LogP contribution >= 0.6 is 0 Å². The van der Waals surface area contributed by atoms with Crippen molar-refractivity contribution in [3.05, 3.63) is 95.6 Å². The van der Waals surface area contributed by atoms with Gasteiger partial charge in [0.1, 0.15) is 49.1 Å². The summed E-state index contributed by atoms with van der Waals surface area (Å²) in [5, 5.41) is 39.5. The number of rotatable bonds is 14. The van der Waals surface area contributed by atoms with Crippen molar-refractivity contribution < 1.29 is 34.6 Å². The Balaban J connectivity index is 1.28. The van der Waals surface area contributed by atoms with Gasteiger partial charge in [-0.15, -0.1) is 0 Å². The summed E-state index contributed by atoms with van der Waals surface area (Å²) in [6.45, 7) is 0.577. The summed E-state index contributed by atoms with van der Waals surface area (Å²) in [5.41, 5.74) is 3.34. The Kier molecular flexibility index (Phi) is 11.2. The topological polar surface area (TPSA) is 109 Å². The van der Waals surface area contributed by atoms with E-state index in [-0.39, 0.29) is 0 Å². The summed E-state index contributed by atoms with van der Waals surface area (Å²) in [6, 6.07) is 26.2. The third-order valence-electron chi connectivity index (χ3n) is 7.20. The standard InChI is InChI=1S/C32H40O7/c33-20-29-31(35)32(36)30(34)27(39-29)16-10-2-1-9-15-25-17-18-26(37-21-23-11-5-3-6-12-23)19-28(25)38-22-24-13-7-4-8-14-24/h3-8,11-14,17-19,27,29-36H,1-2,9-10,15-16,20-22H2/t27-,29+,30-,31+,32+/m0/s1. The number of unbranched alkanes of at least 4 members (excludes halogenated alkanes) is 3. The summed E-state index contributed by atoms with van der Waals surface area (Å²) in [7, 11) is 0. The Morgan fingerprint density at radius 3 is 1.92 bits per heavy atom. The lowest BCUT2D eigenvalue weighted by molar-refractivity contribution is -0.230. The predicted octanol–water partition coefficient (Wildman–Crippen LogP) is 4.18. The third kappa shape index (κ3) is 8.52. The highest BCUT2D eigenvalue weighted by Crippen LogP contribution is 2.29. The number of aryl methyl sites for hydroxylation is 1. The van der Waals surface area contributed by atoms with Crippen molar-refractivity contribution in [3.63, 3.8) is 0 Å². The van der Waals surface area contributed by atoms with Crippen LogP contribution in [0.15, 0.2) is 78.9 Å². The predicted molar refractivity (Wildman–Crippen MR) is 149 cm³/mol. The van der Waals surface area contributed by atoms with E-state index in [9.17, 15) is 20.4 Å². The fourth-order valence-corrected chi connectivity index (χ4v) is 4.87. The molecule has 39 heavy (non-hydrogen) atoms. The van der Waals surface area contributed by atoms with Crippen molar-refractivity contribution in [3.8, 4) is 11.5 Å². The maximum Gasteiger partial charge on any atom is 0.126 e. The van der Waals surface area contributed by atoms with Gasteiger partial charge in [-0.05, 0) is 42.0 Å². The highest BCUT2D eigenvalue weighted by atomic mass is 16.5. The first-order valence-corrected chi connectivity index (χ1v) is 13.8. The highest BCUT2D eigenvalue weighted by molar-refractivity contribution is 5.41. The van der Waals surface area contributed by atoms with Gasteiger partial charge in [-0.1, -0.05) is 86.0 Å². The van der Waals surface area contributed by atoms with Gasteiger partial charge in [0, 0.05) is 6.07 Å². The summed E-state index contributed by atoms with van der Waals surface area (Å²) in [4.78, 5) is 0. The summed E-state index contributed by atoms with van der Waals surface area (Å²) < 4.78 is 17.9. The zero-order valence-electron chi connectivity index (χ0n) is 22.3. The normalized spacial score (nSPS) is 22.9. The van der Waals surface area contributed by atoms with Crippen LogP contribution in [0, 0.1) is 0 Å². The molecule has 0 spiro atoms. The van der Waals surface area contributed by atoms with Crippen LogP contribution in [0.3, 0.4) is 0 Å². The van der Waals surface area contributed by atoms with Gasteiger partial charge < -0.3 is 34.6 Å². The first-order chi connectivity index (χ1) is 19.0. The highest BCUT2D eigenvalue weighted by Gasteiger charge is 2.42. The van der Waals surface area contributed by atoms with Gasteiger partial charge in [-0.3, -0.25) is 0 Å². The molecule has 1 saturated heterocycles. The van der Waals surface area contributed by atoms with Crippen LogP contribution in [0.25, 0.3) is 0 Å². The van der Waals surface area contributed by atoms with Crippen LogP contribution in [0.1, 0.15) is 48.8 Å². The van der Waals surface area contributed by atoms with E-state index in [4.69, 9.17) is 14.2 Å². The molecular weight excluding hydrogens is 496 g/mol. The molecule has 5 atom stereocenters. The number of aliphatic hydroxyl groups is 4. The molecular formula is C32H40O7.